The summed E-state index contributed by atoms with van der Waals surface area (Å²) in [5.74, 6) is 0.192. The molecule has 2 aromatic rings. The molecule has 9 heteroatoms. The highest BCUT2D eigenvalue weighted by Gasteiger charge is 2.46. The van der Waals surface area contributed by atoms with Crippen LogP contribution in [0.3, 0.4) is 0 Å². The number of aliphatic hydroxyl groups excluding tert-OH is 1. The van der Waals surface area contributed by atoms with Gasteiger partial charge < -0.3 is 29.0 Å². The maximum absolute atomic E-state index is 13.3. The van der Waals surface area contributed by atoms with Crippen LogP contribution < -0.4 is 14.2 Å². The van der Waals surface area contributed by atoms with Gasteiger partial charge in [-0.15, -0.1) is 0 Å². The van der Waals surface area contributed by atoms with Crippen molar-refractivity contribution in [3.05, 3.63) is 59.2 Å². The lowest BCUT2D eigenvalue weighted by molar-refractivity contribution is -0.140. The fraction of sp³-hybridized carbons (Fsp3) is 0.407. The summed E-state index contributed by atoms with van der Waals surface area (Å²) in [7, 11) is 0. The summed E-state index contributed by atoms with van der Waals surface area (Å²) in [5, 5.41) is 11.3. The first kappa shape index (κ1) is 24.1. The van der Waals surface area contributed by atoms with Crippen molar-refractivity contribution >= 4 is 17.4 Å². The molecule has 0 radical (unpaired) electrons. The van der Waals surface area contributed by atoms with E-state index in [1.54, 1.807) is 23.1 Å². The van der Waals surface area contributed by atoms with E-state index >= 15 is 0 Å². The zero-order valence-electron chi connectivity index (χ0n) is 20.3. The number of rotatable bonds is 7. The van der Waals surface area contributed by atoms with Crippen LogP contribution in [0.4, 0.5) is 0 Å². The van der Waals surface area contributed by atoms with Gasteiger partial charge in [0.1, 0.15) is 24.7 Å². The predicted octanol–water partition coefficient (Wildman–Crippen LogP) is 2.61. The Morgan fingerprint density at radius 1 is 0.972 bits per heavy atom. The second kappa shape index (κ2) is 10.6. The number of amides is 1. The molecule has 9 nitrogen and oxygen atoms in total. The minimum atomic E-state index is -0.727. The summed E-state index contributed by atoms with van der Waals surface area (Å²) in [6.07, 6.45) is 0. The topological polar surface area (TPSA) is 97.8 Å². The number of benzene rings is 2. The number of hydrogen-bond acceptors (Lipinski definition) is 8. The number of carbonyl (C=O) groups excluding carboxylic acids is 2. The highest BCUT2D eigenvalue weighted by atomic mass is 16.6. The monoisotopic (exact) mass is 494 g/mol. The summed E-state index contributed by atoms with van der Waals surface area (Å²) in [4.78, 5) is 30.3. The van der Waals surface area contributed by atoms with Crippen LogP contribution in [-0.2, 0) is 14.3 Å². The largest absolute Gasteiger partial charge is 0.507 e. The van der Waals surface area contributed by atoms with Crippen molar-refractivity contribution in [3.8, 4) is 17.2 Å². The van der Waals surface area contributed by atoms with Crippen molar-refractivity contribution in [2.24, 2.45) is 0 Å². The summed E-state index contributed by atoms with van der Waals surface area (Å²) in [5.41, 5.74) is 1.17. The van der Waals surface area contributed by atoms with Gasteiger partial charge in [-0.1, -0.05) is 12.1 Å². The van der Waals surface area contributed by atoms with Gasteiger partial charge in [0.15, 0.2) is 11.5 Å². The lowest BCUT2D eigenvalue weighted by Gasteiger charge is -2.31. The van der Waals surface area contributed by atoms with Crippen LogP contribution in [0.25, 0.3) is 5.76 Å². The van der Waals surface area contributed by atoms with Gasteiger partial charge in [0.25, 0.3) is 11.7 Å². The van der Waals surface area contributed by atoms with E-state index in [0.717, 1.165) is 18.7 Å². The Labute approximate surface area is 209 Å². The number of likely N-dealkylation sites (tertiary alicyclic amines) is 1. The number of nitrogens with zero attached hydrogens (tertiary/aromatic N) is 2. The average Bonchev–Trinajstić information content (AvgIpc) is 3.17. The molecule has 2 fully saturated rings. The minimum Gasteiger partial charge on any atom is -0.507 e. The zero-order valence-corrected chi connectivity index (χ0v) is 20.3. The van der Waals surface area contributed by atoms with Crippen LogP contribution in [0.15, 0.2) is 48.0 Å². The van der Waals surface area contributed by atoms with E-state index in [4.69, 9.17) is 18.9 Å². The molecule has 36 heavy (non-hydrogen) atoms. The Hall–Kier alpha value is -3.56. The van der Waals surface area contributed by atoms with E-state index < -0.39 is 17.7 Å². The Kier molecular flexibility index (Phi) is 7.11. The Bertz CT molecular complexity index is 1160. The quantitative estimate of drug-likeness (QED) is 0.357. The molecule has 1 atom stereocenters. The second-order valence-electron chi connectivity index (χ2n) is 8.81. The van der Waals surface area contributed by atoms with Gasteiger partial charge in [0.05, 0.1) is 31.4 Å². The number of ether oxygens (including phenoxy) is 4. The highest BCUT2D eigenvalue weighted by molar-refractivity contribution is 6.46. The van der Waals surface area contributed by atoms with Gasteiger partial charge in [0.2, 0.25) is 0 Å². The Morgan fingerprint density at radius 2 is 1.69 bits per heavy atom. The van der Waals surface area contributed by atoms with E-state index in [2.05, 4.69) is 4.90 Å². The number of morpholine rings is 1. The third-order valence-electron chi connectivity index (χ3n) is 6.62. The Morgan fingerprint density at radius 3 is 2.42 bits per heavy atom. The smallest absolute Gasteiger partial charge is 0.295 e. The number of carbonyl (C=O) groups is 2. The molecule has 2 aromatic carbocycles. The van der Waals surface area contributed by atoms with Crippen molar-refractivity contribution < 1.29 is 33.6 Å². The molecule has 1 unspecified atom stereocenters. The van der Waals surface area contributed by atoms with Gasteiger partial charge >= 0.3 is 0 Å². The predicted molar refractivity (Wildman–Crippen MR) is 131 cm³/mol. The van der Waals surface area contributed by atoms with E-state index in [1.807, 2.05) is 31.2 Å². The minimum absolute atomic E-state index is 0.0582. The molecular weight excluding hydrogens is 464 g/mol. The zero-order chi connectivity index (χ0) is 25.1. The third-order valence-corrected chi connectivity index (χ3v) is 6.62. The fourth-order valence-corrected chi connectivity index (χ4v) is 4.79. The molecule has 3 aliphatic rings. The van der Waals surface area contributed by atoms with Gasteiger partial charge in [-0.2, -0.15) is 0 Å². The van der Waals surface area contributed by atoms with Crippen molar-refractivity contribution in [1.82, 2.24) is 9.80 Å². The molecule has 5 rings (SSSR count). The number of ketones is 1. The lowest BCUT2D eigenvalue weighted by Crippen LogP contribution is -2.42. The second-order valence-corrected chi connectivity index (χ2v) is 8.81. The molecule has 3 heterocycles. The molecule has 190 valence electrons. The maximum atomic E-state index is 13.3. The number of hydrogen-bond donors (Lipinski definition) is 1. The standard InChI is InChI=1S/C27H30N2O7/c1-2-34-20-6-3-18(4-7-20)24-23(25(30)19-5-8-21-22(17-19)36-16-15-35-21)26(31)27(32)29(24)10-9-28-11-13-33-14-12-28/h3-8,17,24,30H,2,9-16H2,1H3/b25-23-. The summed E-state index contributed by atoms with van der Waals surface area (Å²) < 4.78 is 22.2. The van der Waals surface area contributed by atoms with Crippen LogP contribution in [0.5, 0.6) is 17.2 Å². The van der Waals surface area contributed by atoms with Gasteiger partial charge in [-0.05, 0) is 42.8 Å². The van der Waals surface area contributed by atoms with Crippen LogP contribution >= 0.6 is 0 Å². The average molecular weight is 495 g/mol. The fourth-order valence-electron chi connectivity index (χ4n) is 4.79. The first-order valence-corrected chi connectivity index (χ1v) is 12.3. The van der Waals surface area contributed by atoms with Crippen LogP contribution in [0.2, 0.25) is 0 Å². The summed E-state index contributed by atoms with van der Waals surface area (Å²) in [6, 6.07) is 11.6. The molecule has 0 aliphatic carbocycles. The maximum Gasteiger partial charge on any atom is 0.295 e. The molecular formula is C27H30N2O7. The molecule has 3 aliphatic heterocycles. The summed E-state index contributed by atoms with van der Waals surface area (Å²) >= 11 is 0. The molecule has 0 aromatic heterocycles. The van der Waals surface area contributed by atoms with Gasteiger partial charge in [-0.25, -0.2) is 0 Å². The van der Waals surface area contributed by atoms with Crippen molar-refractivity contribution in [2.75, 3.05) is 59.2 Å². The number of fused-ring (bicyclic) bond motifs is 1. The highest BCUT2D eigenvalue weighted by Crippen LogP contribution is 2.41. The molecule has 0 saturated carbocycles. The van der Waals surface area contributed by atoms with Crippen molar-refractivity contribution in [2.45, 2.75) is 13.0 Å². The van der Waals surface area contributed by atoms with Crippen molar-refractivity contribution in [1.29, 1.82) is 0 Å². The van der Waals surface area contributed by atoms with E-state index in [1.165, 1.54) is 0 Å². The third kappa shape index (κ3) is 4.76. The van der Waals surface area contributed by atoms with Gasteiger partial charge in [-0.3, -0.25) is 14.5 Å². The van der Waals surface area contributed by atoms with Gasteiger partial charge in [0, 0.05) is 31.7 Å². The lowest BCUT2D eigenvalue weighted by atomic mass is 9.95. The Balaban J connectivity index is 1.52. The van der Waals surface area contributed by atoms with E-state index in [9.17, 15) is 14.7 Å². The molecule has 1 N–H and O–H groups in total. The van der Waals surface area contributed by atoms with Crippen molar-refractivity contribution in [3.63, 3.8) is 0 Å². The number of aliphatic hydroxyl groups is 1. The first-order chi connectivity index (χ1) is 17.6. The molecule has 2 saturated heterocycles. The first-order valence-electron chi connectivity index (χ1n) is 12.3. The SMILES string of the molecule is CCOc1ccc(C2/C(=C(/O)c3ccc4c(c3)OCCO4)C(=O)C(=O)N2CCN2CCOCC2)cc1. The number of Topliss-reactive ketones (excluding diaryl/α,β-unsaturated/α-hetero) is 1. The molecule has 0 bridgehead atoms. The van der Waals surface area contributed by atoms with Crippen LogP contribution in [0, 0.1) is 0 Å². The molecule has 0 spiro atoms. The van der Waals surface area contributed by atoms with Crippen LogP contribution in [0.1, 0.15) is 24.1 Å². The van der Waals surface area contributed by atoms with E-state index in [-0.39, 0.29) is 11.3 Å². The normalized spacial score (nSPS) is 21.6. The van der Waals surface area contributed by atoms with E-state index in [0.29, 0.717) is 68.9 Å². The molecule has 1 amide bonds. The van der Waals surface area contributed by atoms with Crippen LogP contribution in [-0.4, -0.2) is 85.8 Å². The summed E-state index contributed by atoms with van der Waals surface area (Å²) in [6.45, 7) is 7.07.